The van der Waals surface area contributed by atoms with Gasteiger partial charge in [-0.1, -0.05) is 25.5 Å². The van der Waals surface area contributed by atoms with E-state index in [1.165, 1.54) is 0 Å². The third-order valence-corrected chi connectivity index (χ3v) is 4.44. The summed E-state index contributed by atoms with van der Waals surface area (Å²) in [7, 11) is 0. The largest absolute Gasteiger partial charge is 0.443 e. The summed E-state index contributed by atoms with van der Waals surface area (Å²) in [5, 5.41) is 2.47. The maximum Gasteiger partial charge on any atom is 0.327 e. The molecule has 1 saturated heterocycles. The Hall–Kier alpha value is -2.29. The lowest BCUT2D eigenvalue weighted by Crippen LogP contribution is -2.35. The molecule has 1 aliphatic carbocycles. The van der Waals surface area contributed by atoms with Crippen molar-refractivity contribution in [3.8, 4) is 12.3 Å². The summed E-state index contributed by atoms with van der Waals surface area (Å²) in [5.74, 6) is 1.35. The molecule has 3 atom stereocenters. The molecule has 6 heteroatoms. The summed E-state index contributed by atoms with van der Waals surface area (Å²) < 4.78 is 5.19. The van der Waals surface area contributed by atoms with E-state index < -0.39 is 23.9 Å². The van der Waals surface area contributed by atoms with Crippen molar-refractivity contribution in [2.75, 3.05) is 6.73 Å². The van der Waals surface area contributed by atoms with Gasteiger partial charge in [0.1, 0.15) is 6.04 Å². The molecule has 23 heavy (non-hydrogen) atoms. The Kier molecular flexibility index (Phi) is 4.51. The van der Waals surface area contributed by atoms with Crippen molar-refractivity contribution in [1.82, 2.24) is 10.2 Å². The Balaban J connectivity index is 1.93. The smallest absolute Gasteiger partial charge is 0.327 e. The molecule has 0 radical (unpaired) electrons. The van der Waals surface area contributed by atoms with Crippen LogP contribution < -0.4 is 5.32 Å². The summed E-state index contributed by atoms with van der Waals surface area (Å²) >= 11 is 0. The molecule has 6 nitrogen and oxygen atoms in total. The van der Waals surface area contributed by atoms with Crippen LogP contribution in [0, 0.1) is 29.6 Å². The first-order chi connectivity index (χ1) is 10.7. The lowest BCUT2D eigenvalue weighted by atomic mass is 10.1. The van der Waals surface area contributed by atoms with Gasteiger partial charge in [0.25, 0.3) is 5.91 Å². The quantitative estimate of drug-likeness (QED) is 0.362. The summed E-state index contributed by atoms with van der Waals surface area (Å²) in [6.07, 6.45) is 7.33. The van der Waals surface area contributed by atoms with Crippen molar-refractivity contribution in [2.45, 2.75) is 40.2 Å². The molecule has 3 unspecified atom stereocenters. The fraction of sp³-hybridized carbons (Fsp3) is 0.588. The van der Waals surface area contributed by atoms with Gasteiger partial charge in [-0.3, -0.25) is 9.59 Å². The van der Waals surface area contributed by atoms with Crippen LogP contribution in [0.2, 0.25) is 0 Å². The van der Waals surface area contributed by atoms with Crippen LogP contribution in [0.5, 0.6) is 0 Å². The van der Waals surface area contributed by atoms with Gasteiger partial charge < -0.3 is 10.1 Å². The van der Waals surface area contributed by atoms with Gasteiger partial charge in [-0.05, 0) is 25.2 Å². The first kappa shape index (κ1) is 17.1. The van der Waals surface area contributed by atoms with Gasteiger partial charge in [-0.15, -0.1) is 12.3 Å². The molecule has 0 aromatic heterocycles. The van der Waals surface area contributed by atoms with Crippen LogP contribution in [0.15, 0.2) is 11.6 Å². The number of allylic oxidation sites excluding steroid dienone is 2. The minimum absolute atomic E-state index is 0.118. The van der Waals surface area contributed by atoms with Crippen molar-refractivity contribution < 1.29 is 19.1 Å². The summed E-state index contributed by atoms with van der Waals surface area (Å²) in [6.45, 7) is 7.59. The van der Waals surface area contributed by atoms with Crippen molar-refractivity contribution in [3.63, 3.8) is 0 Å². The number of hydrogen-bond donors (Lipinski definition) is 1. The van der Waals surface area contributed by atoms with Gasteiger partial charge in [-0.25, -0.2) is 9.69 Å². The lowest BCUT2D eigenvalue weighted by molar-refractivity contribution is -0.151. The van der Waals surface area contributed by atoms with Crippen LogP contribution in [0.1, 0.15) is 34.1 Å². The fourth-order valence-electron chi connectivity index (χ4n) is 2.97. The summed E-state index contributed by atoms with van der Waals surface area (Å²) in [5.41, 5.74) is 0.974. The van der Waals surface area contributed by atoms with E-state index in [1.54, 1.807) is 0 Å². The molecule has 0 aromatic rings. The molecule has 0 bridgehead atoms. The number of hydrogen-bond acceptors (Lipinski definition) is 4. The van der Waals surface area contributed by atoms with Crippen LogP contribution in [0.4, 0.5) is 4.79 Å². The van der Waals surface area contributed by atoms with Crippen LogP contribution >= 0.6 is 0 Å². The minimum atomic E-state index is -0.734. The van der Waals surface area contributed by atoms with E-state index in [9.17, 15) is 14.4 Å². The topological polar surface area (TPSA) is 75.7 Å². The van der Waals surface area contributed by atoms with Crippen molar-refractivity contribution in [1.29, 1.82) is 0 Å². The molecule has 3 amide bonds. The Bertz CT molecular complexity index is 611. The first-order valence-electron chi connectivity index (χ1n) is 7.57. The number of terminal acetylenes is 1. The average Bonchev–Trinajstić information content (AvgIpc) is 2.85. The number of nitrogens with one attached hydrogen (secondary N) is 1. The predicted molar refractivity (Wildman–Crippen MR) is 83.8 cm³/mol. The standard InChI is InChI=1S/C17H22N2O4/c1-6-7-12-14(20)19(16(22)18-12)9-23-15(21)13-11(8-10(2)3)17(13,4)5/h1,8,11-13H,7,9H2,2-5H3,(H,18,22). The fourth-order valence-corrected chi connectivity index (χ4v) is 2.97. The second-order valence-electron chi connectivity index (χ2n) is 6.84. The third kappa shape index (κ3) is 3.24. The number of esters is 1. The molecule has 1 heterocycles. The number of amides is 3. The number of carbonyl (C=O) groups is 3. The van der Waals surface area contributed by atoms with Gasteiger partial charge in [-0.2, -0.15) is 0 Å². The Morgan fingerprint density at radius 3 is 2.65 bits per heavy atom. The molecule has 0 spiro atoms. The van der Waals surface area contributed by atoms with E-state index in [0.717, 1.165) is 10.5 Å². The number of rotatable bonds is 5. The van der Waals surface area contributed by atoms with E-state index in [0.29, 0.717) is 0 Å². The zero-order chi connectivity index (χ0) is 17.4. The first-order valence-corrected chi connectivity index (χ1v) is 7.57. The number of carbonyl (C=O) groups excluding carboxylic acids is 3. The normalized spacial score (nSPS) is 28.0. The maximum atomic E-state index is 12.2. The van der Waals surface area contributed by atoms with E-state index in [1.807, 2.05) is 27.7 Å². The molecule has 1 saturated carbocycles. The Labute approximate surface area is 136 Å². The minimum Gasteiger partial charge on any atom is -0.443 e. The summed E-state index contributed by atoms with van der Waals surface area (Å²) in [4.78, 5) is 36.8. The highest BCUT2D eigenvalue weighted by Gasteiger charge is 2.61. The van der Waals surface area contributed by atoms with Gasteiger partial charge in [0, 0.05) is 6.42 Å². The number of nitrogens with zero attached hydrogens (tertiary/aromatic N) is 1. The zero-order valence-corrected chi connectivity index (χ0v) is 13.9. The van der Waals surface area contributed by atoms with E-state index in [2.05, 4.69) is 17.3 Å². The van der Waals surface area contributed by atoms with Gasteiger partial charge in [0.15, 0.2) is 6.73 Å². The predicted octanol–water partition coefficient (Wildman–Crippen LogP) is 1.67. The zero-order valence-electron chi connectivity index (χ0n) is 13.9. The maximum absolute atomic E-state index is 12.2. The monoisotopic (exact) mass is 318 g/mol. The summed E-state index contributed by atoms with van der Waals surface area (Å²) in [6, 6.07) is -1.32. The molecule has 1 aliphatic heterocycles. The lowest BCUT2D eigenvalue weighted by Gasteiger charge is -2.13. The van der Waals surface area contributed by atoms with Gasteiger partial charge in [0.2, 0.25) is 0 Å². The van der Waals surface area contributed by atoms with Gasteiger partial charge >= 0.3 is 12.0 Å². The highest BCUT2D eigenvalue weighted by molar-refractivity contribution is 6.04. The van der Waals surface area contributed by atoms with Crippen LogP contribution in [-0.4, -0.2) is 35.6 Å². The van der Waals surface area contributed by atoms with Crippen LogP contribution in [0.25, 0.3) is 0 Å². The van der Waals surface area contributed by atoms with Crippen molar-refractivity contribution in [2.24, 2.45) is 17.3 Å². The van der Waals surface area contributed by atoms with Crippen molar-refractivity contribution in [3.05, 3.63) is 11.6 Å². The second-order valence-corrected chi connectivity index (χ2v) is 6.84. The molecule has 2 rings (SSSR count). The van der Waals surface area contributed by atoms with E-state index in [4.69, 9.17) is 11.2 Å². The average molecular weight is 318 g/mol. The molecular formula is C17H22N2O4. The van der Waals surface area contributed by atoms with Crippen LogP contribution in [-0.2, 0) is 14.3 Å². The molecular weight excluding hydrogens is 296 g/mol. The molecule has 2 fully saturated rings. The van der Waals surface area contributed by atoms with Crippen LogP contribution in [0.3, 0.4) is 0 Å². The Morgan fingerprint density at radius 1 is 1.43 bits per heavy atom. The SMILES string of the molecule is C#CCC1NC(=O)N(COC(=O)C2C(C=C(C)C)C2(C)C)C1=O. The highest BCUT2D eigenvalue weighted by atomic mass is 16.5. The van der Waals surface area contributed by atoms with E-state index >= 15 is 0 Å². The molecule has 2 aliphatic rings. The second kappa shape index (κ2) is 6.07. The highest BCUT2D eigenvalue weighted by Crippen LogP contribution is 2.59. The molecule has 1 N–H and O–H groups in total. The third-order valence-electron chi connectivity index (χ3n) is 4.44. The molecule has 124 valence electrons. The number of urea groups is 1. The van der Waals surface area contributed by atoms with Gasteiger partial charge in [0.05, 0.1) is 5.92 Å². The molecule has 0 aromatic carbocycles. The number of ether oxygens (including phenoxy) is 1. The Morgan fingerprint density at radius 2 is 2.09 bits per heavy atom. The number of imide groups is 1. The van der Waals surface area contributed by atoms with Crippen molar-refractivity contribution >= 4 is 17.9 Å². The van der Waals surface area contributed by atoms with E-state index in [-0.39, 0.29) is 30.4 Å².